The van der Waals surface area contributed by atoms with Crippen LogP contribution in [0, 0.1) is 4.91 Å². The molecular formula is C11H11NO2. The van der Waals surface area contributed by atoms with E-state index in [0.717, 1.165) is 18.4 Å². The van der Waals surface area contributed by atoms with Gasteiger partial charge in [0.25, 0.3) is 0 Å². The average Bonchev–Trinajstić information content (AvgIpc) is 2.40. The fourth-order valence-electron chi connectivity index (χ4n) is 1.82. The first-order valence-corrected chi connectivity index (χ1v) is 4.76. The van der Waals surface area contributed by atoms with Crippen molar-refractivity contribution in [3.63, 3.8) is 0 Å². The quantitative estimate of drug-likeness (QED) is 0.503. The van der Waals surface area contributed by atoms with Gasteiger partial charge in [-0.1, -0.05) is 6.07 Å². The molecule has 0 aromatic heterocycles. The van der Waals surface area contributed by atoms with E-state index in [1.165, 1.54) is 5.56 Å². The molecule has 1 aromatic rings. The van der Waals surface area contributed by atoms with Crippen molar-refractivity contribution in [1.29, 1.82) is 0 Å². The molecule has 0 saturated carbocycles. The van der Waals surface area contributed by atoms with Gasteiger partial charge in [-0.25, -0.2) is 0 Å². The van der Waals surface area contributed by atoms with Gasteiger partial charge in [0.2, 0.25) is 0 Å². The first-order chi connectivity index (χ1) is 6.79. The third-order valence-corrected chi connectivity index (χ3v) is 2.64. The first kappa shape index (κ1) is 9.06. The number of ketones is 1. The van der Waals surface area contributed by atoms with Crippen LogP contribution < -0.4 is 0 Å². The van der Waals surface area contributed by atoms with Crippen LogP contribution in [0.1, 0.15) is 24.0 Å². The number of carbonyl (C=O) groups is 1. The molecule has 0 unspecified atom stereocenters. The molecule has 0 amide bonds. The Hall–Kier alpha value is -1.51. The van der Waals surface area contributed by atoms with Gasteiger partial charge in [-0.3, -0.25) is 4.79 Å². The zero-order chi connectivity index (χ0) is 9.97. The molecule has 1 aliphatic carbocycles. The molecule has 0 N–H and O–H groups in total. The van der Waals surface area contributed by atoms with Crippen molar-refractivity contribution in [2.45, 2.75) is 25.7 Å². The Morgan fingerprint density at radius 2 is 1.71 bits per heavy atom. The highest BCUT2D eigenvalue weighted by Gasteiger charge is 2.13. The predicted molar refractivity (Wildman–Crippen MR) is 53.5 cm³/mol. The molecule has 0 radical (unpaired) electrons. The van der Waals surface area contributed by atoms with Gasteiger partial charge in [0.05, 0.1) is 0 Å². The van der Waals surface area contributed by atoms with E-state index in [0.29, 0.717) is 24.3 Å². The van der Waals surface area contributed by atoms with E-state index >= 15 is 0 Å². The summed E-state index contributed by atoms with van der Waals surface area (Å²) < 4.78 is 0. The molecule has 0 saturated heterocycles. The Kier molecular flexibility index (Phi) is 2.39. The van der Waals surface area contributed by atoms with Crippen molar-refractivity contribution < 1.29 is 4.79 Å². The lowest BCUT2D eigenvalue weighted by molar-refractivity contribution is -0.118. The van der Waals surface area contributed by atoms with Crippen LogP contribution in [0.3, 0.4) is 0 Å². The topological polar surface area (TPSA) is 46.5 Å². The van der Waals surface area contributed by atoms with Crippen LogP contribution in [0.15, 0.2) is 23.4 Å². The maximum atomic E-state index is 11.2. The zero-order valence-corrected chi connectivity index (χ0v) is 7.82. The van der Waals surface area contributed by atoms with Crippen LogP contribution in [0.4, 0.5) is 5.69 Å². The van der Waals surface area contributed by atoms with Gasteiger partial charge >= 0.3 is 0 Å². The Labute approximate surface area is 82.1 Å². The van der Waals surface area contributed by atoms with Crippen LogP contribution in [0.2, 0.25) is 0 Å². The van der Waals surface area contributed by atoms with Crippen molar-refractivity contribution >= 4 is 11.5 Å². The molecule has 0 bridgehead atoms. The van der Waals surface area contributed by atoms with Gasteiger partial charge in [-0.05, 0) is 41.3 Å². The lowest BCUT2D eigenvalue weighted by atomic mass is 10.0. The van der Waals surface area contributed by atoms with Crippen molar-refractivity contribution in [3.05, 3.63) is 34.2 Å². The van der Waals surface area contributed by atoms with E-state index in [-0.39, 0.29) is 0 Å². The maximum Gasteiger partial charge on any atom is 0.133 e. The summed E-state index contributed by atoms with van der Waals surface area (Å²) in [5, 5.41) is 2.89. The second-order valence-corrected chi connectivity index (χ2v) is 3.58. The number of nitrogens with zero attached hydrogens (tertiary/aromatic N) is 1. The summed E-state index contributed by atoms with van der Waals surface area (Å²) in [4.78, 5) is 21.5. The highest BCUT2D eigenvalue weighted by Crippen LogP contribution is 2.23. The van der Waals surface area contributed by atoms with Gasteiger partial charge in [-0.2, -0.15) is 0 Å². The van der Waals surface area contributed by atoms with Crippen LogP contribution >= 0.6 is 0 Å². The predicted octanol–water partition coefficient (Wildman–Crippen LogP) is 2.53. The van der Waals surface area contributed by atoms with Gasteiger partial charge in [0, 0.05) is 12.8 Å². The van der Waals surface area contributed by atoms with E-state index in [9.17, 15) is 9.70 Å². The number of hydrogen-bond donors (Lipinski definition) is 0. The standard InChI is InChI=1S/C11H11NO2/c13-11-5-2-8-1-4-10(12-14)7-9(8)3-6-11/h1,4,7H,2-3,5-6H2. The minimum absolute atomic E-state index is 0.307. The fraction of sp³-hybridized carbons (Fsp3) is 0.364. The molecule has 0 spiro atoms. The van der Waals surface area contributed by atoms with Gasteiger partial charge in [-0.15, -0.1) is 4.91 Å². The van der Waals surface area contributed by atoms with Crippen LogP contribution in [0.5, 0.6) is 0 Å². The Balaban J connectivity index is 2.36. The SMILES string of the molecule is O=Nc1ccc2c(c1)CCC(=O)CC2. The van der Waals surface area contributed by atoms with E-state index in [1.54, 1.807) is 12.1 Å². The molecular weight excluding hydrogens is 178 g/mol. The Morgan fingerprint density at radius 3 is 2.43 bits per heavy atom. The van der Waals surface area contributed by atoms with Crippen molar-refractivity contribution in [1.82, 2.24) is 0 Å². The largest absolute Gasteiger partial charge is 0.300 e. The number of fused-ring (bicyclic) bond motifs is 1. The van der Waals surface area contributed by atoms with Crippen molar-refractivity contribution in [3.8, 4) is 0 Å². The third kappa shape index (κ3) is 1.71. The molecule has 0 atom stereocenters. The average molecular weight is 189 g/mol. The highest BCUT2D eigenvalue weighted by molar-refractivity contribution is 5.79. The fourth-order valence-corrected chi connectivity index (χ4v) is 1.82. The van der Waals surface area contributed by atoms with Crippen molar-refractivity contribution in [2.24, 2.45) is 5.18 Å². The number of rotatable bonds is 1. The summed E-state index contributed by atoms with van der Waals surface area (Å²) in [6.45, 7) is 0. The van der Waals surface area contributed by atoms with Gasteiger partial charge in [0.15, 0.2) is 0 Å². The number of Topliss-reactive ketones (excluding diaryl/α,β-unsaturated/α-hetero) is 1. The molecule has 72 valence electrons. The number of nitroso groups, excluding NO2 is 1. The third-order valence-electron chi connectivity index (χ3n) is 2.64. The Morgan fingerprint density at radius 1 is 1.00 bits per heavy atom. The lowest BCUT2D eigenvalue weighted by Gasteiger charge is -2.03. The summed E-state index contributed by atoms with van der Waals surface area (Å²) >= 11 is 0. The lowest BCUT2D eigenvalue weighted by Crippen LogP contribution is -1.95. The Bertz CT molecular complexity index is 385. The minimum atomic E-state index is 0.307. The van der Waals surface area contributed by atoms with Crippen LogP contribution in [-0.2, 0) is 17.6 Å². The zero-order valence-electron chi connectivity index (χ0n) is 7.82. The smallest absolute Gasteiger partial charge is 0.133 e. The number of hydrogen-bond acceptors (Lipinski definition) is 3. The maximum absolute atomic E-state index is 11.2. The summed E-state index contributed by atoms with van der Waals surface area (Å²) in [7, 11) is 0. The molecule has 0 fully saturated rings. The molecule has 1 aliphatic rings. The van der Waals surface area contributed by atoms with Gasteiger partial charge < -0.3 is 0 Å². The molecule has 1 aromatic carbocycles. The normalized spacial score (nSPS) is 15.9. The van der Waals surface area contributed by atoms with Crippen LogP contribution in [-0.4, -0.2) is 5.78 Å². The highest BCUT2D eigenvalue weighted by atomic mass is 16.3. The molecule has 3 nitrogen and oxygen atoms in total. The monoisotopic (exact) mass is 189 g/mol. The molecule has 14 heavy (non-hydrogen) atoms. The summed E-state index contributed by atoms with van der Waals surface area (Å²) in [5.74, 6) is 0.307. The number of aryl methyl sites for hydroxylation is 2. The molecule has 0 aliphatic heterocycles. The minimum Gasteiger partial charge on any atom is -0.300 e. The van der Waals surface area contributed by atoms with Crippen molar-refractivity contribution in [2.75, 3.05) is 0 Å². The molecule has 3 heteroatoms. The molecule has 2 rings (SSSR count). The van der Waals surface area contributed by atoms with E-state index < -0.39 is 0 Å². The summed E-state index contributed by atoms with van der Waals surface area (Å²) in [5.41, 5.74) is 2.74. The summed E-state index contributed by atoms with van der Waals surface area (Å²) in [6.07, 6.45) is 2.76. The number of carbonyl (C=O) groups excluding carboxylic acids is 1. The van der Waals surface area contributed by atoms with Crippen LogP contribution in [0.25, 0.3) is 0 Å². The number of benzene rings is 1. The first-order valence-electron chi connectivity index (χ1n) is 4.76. The van der Waals surface area contributed by atoms with E-state index in [1.807, 2.05) is 6.07 Å². The van der Waals surface area contributed by atoms with Gasteiger partial charge in [0.1, 0.15) is 11.5 Å². The molecule has 0 heterocycles. The summed E-state index contributed by atoms with van der Waals surface area (Å²) in [6, 6.07) is 5.41. The second kappa shape index (κ2) is 3.70. The van der Waals surface area contributed by atoms with E-state index in [4.69, 9.17) is 0 Å². The second-order valence-electron chi connectivity index (χ2n) is 3.58. The van der Waals surface area contributed by atoms with E-state index in [2.05, 4.69) is 5.18 Å².